The van der Waals surface area contributed by atoms with Crippen molar-refractivity contribution >= 4 is 11.9 Å². The number of carbonyl (C=O) groups is 2. The molecule has 0 aliphatic carbocycles. The number of carbonyl (C=O) groups excluding carboxylic acids is 2. The molecule has 0 saturated carbocycles. The van der Waals surface area contributed by atoms with Gasteiger partial charge in [0.25, 0.3) is 0 Å². The molecular formula is C14H23N3O3. The first-order valence-electron chi connectivity index (χ1n) is 7.55. The molecule has 0 bridgehead atoms. The second kappa shape index (κ2) is 5.24. The van der Waals surface area contributed by atoms with E-state index in [9.17, 15) is 9.59 Å². The van der Waals surface area contributed by atoms with Gasteiger partial charge in [-0.3, -0.25) is 4.79 Å². The largest absolute Gasteiger partial charge is 0.377 e. The maximum atomic E-state index is 12.5. The summed E-state index contributed by atoms with van der Waals surface area (Å²) in [5.41, 5.74) is -0.539. The summed E-state index contributed by atoms with van der Waals surface area (Å²) in [6.45, 7) is 3.50. The number of hydrogen-bond acceptors (Lipinski definition) is 3. The van der Waals surface area contributed by atoms with Crippen LogP contribution in [0.25, 0.3) is 0 Å². The van der Waals surface area contributed by atoms with E-state index in [2.05, 4.69) is 5.32 Å². The molecule has 3 aliphatic heterocycles. The first-order chi connectivity index (χ1) is 9.67. The number of hydrogen-bond donors (Lipinski definition) is 1. The molecule has 20 heavy (non-hydrogen) atoms. The Morgan fingerprint density at radius 2 is 1.95 bits per heavy atom. The molecule has 3 aliphatic rings. The third-order valence-electron chi connectivity index (χ3n) is 4.94. The quantitative estimate of drug-likeness (QED) is 0.758. The van der Waals surface area contributed by atoms with E-state index in [1.807, 2.05) is 9.80 Å². The van der Waals surface area contributed by atoms with Gasteiger partial charge in [0, 0.05) is 39.8 Å². The molecule has 0 spiro atoms. The van der Waals surface area contributed by atoms with Crippen molar-refractivity contribution in [2.24, 2.45) is 5.41 Å². The fourth-order valence-corrected chi connectivity index (χ4v) is 3.79. The fourth-order valence-electron chi connectivity index (χ4n) is 3.79. The monoisotopic (exact) mass is 281 g/mol. The number of rotatable bonds is 1. The zero-order valence-electron chi connectivity index (χ0n) is 12.1. The summed E-state index contributed by atoms with van der Waals surface area (Å²) in [6, 6.07) is 0.0936. The molecule has 3 heterocycles. The number of urea groups is 1. The number of ether oxygens (including phenoxy) is 1. The molecule has 3 saturated heterocycles. The summed E-state index contributed by atoms with van der Waals surface area (Å²) >= 11 is 0. The standard InChI is InChI=1S/C14H23N3O3/c1-15-12(18)14-5-9-20-11(14)4-8-17(10-14)13(19)16-6-2-3-7-16/h11H,2-10H2,1H3,(H,15,18)/t11-,14-/m1/s1. The molecule has 6 nitrogen and oxygen atoms in total. The number of nitrogens with zero attached hydrogens (tertiary/aromatic N) is 2. The van der Waals surface area contributed by atoms with Gasteiger partial charge in [0.2, 0.25) is 5.91 Å². The molecular weight excluding hydrogens is 258 g/mol. The fraction of sp³-hybridized carbons (Fsp3) is 0.857. The van der Waals surface area contributed by atoms with Gasteiger partial charge < -0.3 is 19.9 Å². The second-order valence-corrected chi connectivity index (χ2v) is 6.03. The predicted molar refractivity (Wildman–Crippen MR) is 73.2 cm³/mol. The van der Waals surface area contributed by atoms with Crippen LogP contribution in [-0.2, 0) is 9.53 Å². The van der Waals surface area contributed by atoms with Crippen LogP contribution in [0.5, 0.6) is 0 Å². The lowest BCUT2D eigenvalue weighted by Gasteiger charge is -2.43. The molecule has 2 atom stereocenters. The average Bonchev–Trinajstić information content (AvgIpc) is 3.14. The molecule has 6 heteroatoms. The average molecular weight is 281 g/mol. The normalized spacial score (nSPS) is 33.1. The third-order valence-corrected chi connectivity index (χ3v) is 4.94. The Morgan fingerprint density at radius 1 is 1.20 bits per heavy atom. The van der Waals surface area contributed by atoms with E-state index in [1.165, 1.54) is 0 Å². The van der Waals surface area contributed by atoms with Crippen LogP contribution >= 0.6 is 0 Å². The van der Waals surface area contributed by atoms with Crippen LogP contribution < -0.4 is 5.32 Å². The topological polar surface area (TPSA) is 61.9 Å². The third kappa shape index (κ3) is 2.06. The van der Waals surface area contributed by atoms with Gasteiger partial charge in [-0.25, -0.2) is 4.79 Å². The lowest BCUT2D eigenvalue weighted by atomic mass is 9.76. The van der Waals surface area contributed by atoms with Gasteiger partial charge in [0.1, 0.15) is 0 Å². The summed E-state index contributed by atoms with van der Waals surface area (Å²) < 4.78 is 5.72. The number of fused-ring (bicyclic) bond motifs is 1. The number of likely N-dealkylation sites (tertiary alicyclic amines) is 2. The Bertz CT molecular complexity index is 408. The minimum Gasteiger partial charge on any atom is -0.377 e. The lowest BCUT2D eigenvalue weighted by Crippen LogP contribution is -2.59. The molecule has 3 rings (SSSR count). The van der Waals surface area contributed by atoms with Gasteiger partial charge in [0.15, 0.2) is 0 Å². The van der Waals surface area contributed by atoms with Crippen LogP contribution in [0, 0.1) is 5.41 Å². The summed E-state index contributed by atoms with van der Waals surface area (Å²) in [5.74, 6) is 0.0129. The van der Waals surface area contributed by atoms with E-state index in [0.717, 1.165) is 32.4 Å². The van der Waals surface area contributed by atoms with Crippen LogP contribution in [0.3, 0.4) is 0 Å². The Balaban J connectivity index is 1.76. The molecule has 0 aromatic carbocycles. The van der Waals surface area contributed by atoms with Crippen molar-refractivity contribution in [3.05, 3.63) is 0 Å². The van der Waals surface area contributed by atoms with Crippen molar-refractivity contribution < 1.29 is 14.3 Å². The first kappa shape index (κ1) is 13.7. The maximum Gasteiger partial charge on any atom is 0.320 e. The highest BCUT2D eigenvalue weighted by Gasteiger charge is 2.54. The Kier molecular flexibility index (Phi) is 3.58. The Hall–Kier alpha value is -1.30. The molecule has 0 aromatic rings. The number of amides is 3. The SMILES string of the molecule is CNC(=O)[C@@]12CCO[C@@H]1CCN(C(=O)N1CCCC1)C2. The minimum atomic E-state index is -0.539. The lowest BCUT2D eigenvalue weighted by molar-refractivity contribution is -0.137. The van der Waals surface area contributed by atoms with Crippen molar-refractivity contribution in [2.45, 2.75) is 31.8 Å². The first-order valence-corrected chi connectivity index (χ1v) is 7.55. The Labute approximate surface area is 119 Å². The van der Waals surface area contributed by atoms with Gasteiger partial charge in [-0.05, 0) is 25.7 Å². The van der Waals surface area contributed by atoms with E-state index in [1.54, 1.807) is 7.05 Å². The second-order valence-electron chi connectivity index (χ2n) is 6.03. The van der Waals surface area contributed by atoms with Crippen LogP contribution in [-0.4, -0.2) is 67.7 Å². The van der Waals surface area contributed by atoms with E-state index in [0.29, 0.717) is 26.1 Å². The maximum absolute atomic E-state index is 12.5. The highest BCUT2D eigenvalue weighted by atomic mass is 16.5. The summed E-state index contributed by atoms with van der Waals surface area (Å²) in [5, 5.41) is 2.76. The van der Waals surface area contributed by atoms with Crippen molar-refractivity contribution in [1.29, 1.82) is 0 Å². The van der Waals surface area contributed by atoms with Crippen LogP contribution in [0.1, 0.15) is 25.7 Å². The summed E-state index contributed by atoms with van der Waals surface area (Å²) in [7, 11) is 1.66. The number of piperidine rings is 1. The van der Waals surface area contributed by atoms with Crippen LogP contribution in [0.15, 0.2) is 0 Å². The smallest absolute Gasteiger partial charge is 0.320 e. The molecule has 1 N–H and O–H groups in total. The highest BCUT2D eigenvalue weighted by molar-refractivity contribution is 5.85. The van der Waals surface area contributed by atoms with E-state index >= 15 is 0 Å². The van der Waals surface area contributed by atoms with Gasteiger partial charge in [0.05, 0.1) is 11.5 Å². The number of nitrogens with one attached hydrogen (secondary N) is 1. The van der Waals surface area contributed by atoms with E-state index in [4.69, 9.17) is 4.74 Å². The van der Waals surface area contributed by atoms with Crippen molar-refractivity contribution in [2.75, 3.05) is 39.8 Å². The zero-order chi connectivity index (χ0) is 14.2. The molecule has 3 fully saturated rings. The summed E-state index contributed by atoms with van der Waals surface area (Å²) in [4.78, 5) is 28.6. The van der Waals surface area contributed by atoms with Crippen LogP contribution in [0.2, 0.25) is 0 Å². The van der Waals surface area contributed by atoms with Gasteiger partial charge in [-0.1, -0.05) is 0 Å². The zero-order valence-corrected chi connectivity index (χ0v) is 12.1. The van der Waals surface area contributed by atoms with E-state index < -0.39 is 5.41 Å². The van der Waals surface area contributed by atoms with Crippen molar-refractivity contribution in [3.63, 3.8) is 0 Å². The van der Waals surface area contributed by atoms with Gasteiger partial charge in [-0.2, -0.15) is 0 Å². The Morgan fingerprint density at radius 3 is 2.65 bits per heavy atom. The van der Waals surface area contributed by atoms with Crippen molar-refractivity contribution in [1.82, 2.24) is 15.1 Å². The highest BCUT2D eigenvalue weighted by Crippen LogP contribution is 2.41. The molecule has 0 aromatic heterocycles. The molecule has 112 valence electrons. The van der Waals surface area contributed by atoms with Crippen LogP contribution in [0.4, 0.5) is 4.79 Å². The van der Waals surface area contributed by atoms with E-state index in [-0.39, 0.29) is 18.0 Å². The van der Waals surface area contributed by atoms with Gasteiger partial charge >= 0.3 is 6.03 Å². The predicted octanol–water partition coefficient (Wildman–Crippen LogP) is 0.429. The van der Waals surface area contributed by atoms with Gasteiger partial charge in [-0.15, -0.1) is 0 Å². The minimum absolute atomic E-state index is 0.0129. The molecule has 0 unspecified atom stereocenters. The molecule has 3 amide bonds. The summed E-state index contributed by atoms with van der Waals surface area (Å²) in [6.07, 6.45) is 3.61. The molecule has 0 radical (unpaired) electrons. The van der Waals surface area contributed by atoms with Crippen molar-refractivity contribution in [3.8, 4) is 0 Å².